The number of hydrogen-bond donors (Lipinski definition) is 2. The Morgan fingerprint density at radius 1 is 1.07 bits per heavy atom. The maximum atomic E-state index is 12.0. The largest absolute Gasteiger partial charge is 0.355 e. The number of amides is 1. The van der Waals surface area contributed by atoms with E-state index in [2.05, 4.69) is 61.9 Å². The molecule has 0 unspecified atom stereocenters. The first-order valence-corrected chi connectivity index (χ1v) is 10.3. The summed E-state index contributed by atoms with van der Waals surface area (Å²) < 4.78 is 1.15. The topological polar surface area (TPSA) is 56.7 Å². The Morgan fingerprint density at radius 3 is 2.34 bits per heavy atom. The van der Waals surface area contributed by atoms with E-state index in [1.165, 1.54) is 5.56 Å². The van der Waals surface area contributed by atoms with Crippen LogP contribution in [-0.4, -0.2) is 44.0 Å². The van der Waals surface area contributed by atoms with Gasteiger partial charge in [0.1, 0.15) is 0 Å². The summed E-state index contributed by atoms with van der Waals surface area (Å²) in [6.07, 6.45) is 2.29. The molecule has 1 fully saturated rings. The van der Waals surface area contributed by atoms with Crippen molar-refractivity contribution in [3.63, 3.8) is 0 Å². The molecule has 0 spiro atoms. The molecule has 0 radical (unpaired) electrons. The fraction of sp³-hybridized carbons (Fsp3) is 0.364. The monoisotopic (exact) mass is 570 g/mol. The van der Waals surface area contributed by atoms with E-state index in [0.29, 0.717) is 12.5 Å². The fourth-order valence-electron chi connectivity index (χ4n) is 3.08. The molecule has 2 aromatic carbocycles. The van der Waals surface area contributed by atoms with E-state index < -0.39 is 0 Å². The normalized spacial score (nSPS) is 14.5. The fourth-order valence-corrected chi connectivity index (χ4v) is 3.79. The van der Waals surface area contributed by atoms with Crippen LogP contribution in [0, 0.1) is 0 Å². The third kappa shape index (κ3) is 6.70. The number of benzene rings is 2. The highest BCUT2D eigenvalue weighted by molar-refractivity contribution is 14.0. The van der Waals surface area contributed by atoms with Crippen LogP contribution in [0.2, 0.25) is 0 Å². The van der Waals surface area contributed by atoms with Gasteiger partial charge in [0.15, 0.2) is 5.96 Å². The van der Waals surface area contributed by atoms with Crippen molar-refractivity contribution in [1.82, 2.24) is 15.5 Å². The molecule has 2 aromatic rings. The molecular weight excluding hydrogens is 543 g/mol. The summed E-state index contributed by atoms with van der Waals surface area (Å²) in [7, 11) is 3.51. The molecule has 156 valence electrons. The smallest absolute Gasteiger partial charge is 0.241 e. The molecule has 7 heteroatoms. The molecule has 1 aliphatic carbocycles. The highest BCUT2D eigenvalue weighted by Gasteiger charge is 2.45. The zero-order valence-electron chi connectivity index (χ0n) is 16.8. The van der Waals surface area contributed by atoms with Gasteiger partial charge in [-0.3, -0.25) is 4.79 Å². The van der Waals surface area contributed by atoms with Crippen LogP contribution in [0.5, 0.6) is 0 Å². The van der Waals surface area contributed by atoms with E-state index >= 15 is 0 Å². The number of carbonyl (C=O) groups excluding carboxylic acids is 1. The Morgan fingerprint density at radius 2 is 1.72 bits per heavy atom. The third-order valence-electron chi connectivity index (χ3n) is 5.06. The molecule has 1 aliphatic rings. The van der Waals surface area contributed by atoms with Crippen molar-refractivity contribution in [2.45, 2.75) is 24.8 Å². The van der Waals surface area contributed by atoms with Gasteiger partial charge in [0, 0.05) is 30.5 Å². The molecule has 5 nitrogen and oxygen atoms in total. The van der Waals surface area contributed by atoms with E-state index in [4.69, 9.17) is 0 Å². The summed E-state index contributed by atoms with van der Waals surface area (Å²) in [4.78, 5) is 18.2. The molecule has 0 bridgehead atoms. The Hall–Kier alpha value is -1.61. The summed E-state index contributed by atoms with van der Waals surface area (Å²) in [5.74, 6) is 0.679. The van der Waals surface area contributed by atoms with Crippen LogP contribution in [-0.2, 0) is 16.8 Å². The predicted molar refractivity (Wildman–Crippen MR) is 133 cm³/mol. The number of aliphatic imine (C=N–C) groups is 1. The second-order valence-corrected chi connectivity index (χ2v) is 8.26. The molecule has 0 atom stereocenters. The van der Waals surface area contributed by atoms with Crippen LogP contribution in [0.4, 0.5) is 0 Å². The van der Waals surface area contributed by atoms with Gasteiger partial charge in [0.25, 0.3) is 0 Å². The summed E-state index contributed by atoms with van der Waals surface area (Å²) in [5, 5.41) is 6.63. The van der Waals surface area contributed by atoms with E-state index in [0.717, 1.165) is 29.4 Å². The second kappa shape index (κ2) is 11.0. The molecular formula is C22H28BrIN4O. The molecule has 2 N–H and O–H groups in total. The standard InChI is InChI=1S/C22H27BrN4O.HI/c1-27(2)20(28)15-25-21(24-14-17-8-4-3-5-9-17)26-16-22(12-13-22)18-10-6-7-11-19(18)23;/h3-11H,12-16H2,1-2H3,(H2,24,25,26);1H. The summed E-state index contributed by atoms with van der Waals surface area (Å²) in [6.45, 7) is 1.57. The molecule has 3 rings (SSSR count). The minimum atomic E-state index is 0. The van der Waals surface area contributed by atoms with E-state index in [1.54, 1.807) is 19.0 Å². The van der Waals surface area contributed by atoms with Gasteiger partial charge in [0.05, 0.1) is 13.1 Å². The maximum Gasteiger partial charge on any atom is 0.241 e. The number of halogens is 2. The van der Waals surface area contributed by atoms with Gasteiger partial charge >= 0.3 is 0 Å². The van der Waals surface area contributed by atoms with Crippen molar-refractivity contribution >= 4 is 51.8 Å². The van der Waals surface area contributed by atoms with Crippen molar-refractivity contribution in [3.8, 4) is 0 Å². The lowest BCUT2D eigenvalue weighted by atomic mass is 9.96. The molecule has 29 heavy (non-hydrogen) atoms. The zero-order chi connectivity index (χ0) is 20.0. The van der Waals surface area contributed by atoms with Gasteiger partial charge in [-0.1, -0.05) is 64.5 Å². The van der Waals surface area contributed by atoms with E-state index in [-0.39, 0.29) is 41.8 Å². The van der Waals surface area contributed by atoms with Gasteiger partial charge in [-0.2, -0.15) is 0 Å². The lowest BCUT2D eigenvalue weighted by Gasteiger charge is -2.21. The number of nitrogens with zero attached hydrogens (tertiary/aromatic N) is 2. The number of nitrogens with one attached hydrogen (secondary N) is 2. The van der Waals surface area contributed by atoms with Crippen molar-refractivity contribution in [2.24, 2.45) is 4.99 Å². The van der Waals surface area contributed by atoms with Crippen molar-refractivity contribution < 1.29 is 4.79 Å². The number of hydrogen-bond acceptors (Lipinski definition) is 2. The van der Waals surface area contributed by atoms with Crippen LogP contribution in [0.3, 0.4) is 0 Å². The quantitative estimate of drug-likeness (QED) is 0.301. The molecule has 0 heterocycles. The van der Waals surface area contributed by atoms with Gasteiger partial charge in [-0.05, 0) is 30.0 Å². The van der Waals surface area contributed by atoms with Crippen molar-refractivity contribution in [2.75, 3.05) is 27.2 Å². The summed E-state index contributed by atoms with van der Waals surface area (Å²) in [5.41, 5.74) is 2.59. The van der Waals surface area contributed by atoms with Crippen molar-refractivity contribution in [3.05, 3.63) is 70.2 Å². The second-order valence-electron chi connectivity index (χ2n) is 7.41. The number of carbonyl (C=O) groups is 1. The number of guanidine groups is 1. The molecule has 0 aromatic heterocycles. The van der Waals surface area contributed by atoms with Crippen LogP contribution in [0.15, 0.2) is 64.1 Å². The summed E-state index contributed by atoms with van der Waals surface area (Å²) in [6, 6.07) is 18.5. The zero-order valence-corrected chi connectivity index (χ0v) is 20.7. The summed E-state index contributed by atoms with van der Waals surface area (Å²) >= 11 is 3.68. The minimum Gasteiger partial charge on any atom is -0.355 e. The molecule has 1 saturated carbocycles. The van der Waals surface area contributed by atoms with Crippen LogP contribution in [0.25, 0.3) is 0 Å². The number of rotatable bonds is 7. The van der Waals surface area contributed by atoms with Crippen LogP contribution in [0.1, 0.15) is 24.0 Å². The maximum absolute atomic E-state index is 12.0. The van der Waals surface area contributed by atoms with Crippen LogP contribution >= 0.6 is 39.9 Å². The number of likely N-dealkylation sites (N-methyl/N-ethyl adjacent to an activating group) is 1. The first-order chi connectivity index (χ1) is 13.5. The Labute approximate surface area is 198 Å². The minimum absolute atomic E-state index is 0. The first-order valence-electron chi connectivity index (χ1n) is 9.51. The Bertz CT molecular complexity index is 838. The Kier molecular flexibility index (Phi) is 8.95. The SMILES string of the molecule is CN(C)C(=O)CNC(=NCc1ccccc1)NCC1(c2ccccc2Br)CC1.I. The van der Waals surface area contributed by atoms with Gasteiger partial charge in [0.2, 0.25) is 5.91 Å². The third-order valence-corrected chi connectivity index (χ3v) is 5.75. The molecule has 0 saturated heterocycles. The average molecular weight is 571 g/mol. The predicted octanol–water partition coefficient (Wildman–Crippen LogP) is 3.92. The van der Waals surface area contributed by atoms with E-state index in [9.17, 15) is 4.79 Å². The lowest BCUT2D eigenvalue weighted by molar-refractivity contribution is -0.127. The molecule has 0 aliphatic heterocycles. The van der Waals surface area contributed by atoms with Crippen LogP contribution < -0.4 is 10.6 Å². The average Bonchev–Trinajstić information content (AvgIpc) is 3.49. The van der Waals surface area contributed by atoms with E-state index in [1.807, 2.05) is 24.3 Å². The molecule has 1 amide bonds. The van der Waals surface area contributed by atoms with Gasteiger partial charge < -0.3 is 15.5 Å². The first kappa shape index (κ1) is 23.7. The van der Waals surface area contributed by atoms with Gasteiger partial charge in [-0.25, -0.2) is 4.99 Å². The Balaban J connectivity index is 0.00000300. The lowest BCUT2D eigenvalue weighted by Crippen LogP contribution is -2.45. The highest BCUT2D eigenvalue weighted by Crippen LogP contribution is 2.49. The van der Waals surface area contributed by atoms with Crippen molar-refractivity contribution in [1.29, 1.82) is 0 Å². The van der Waals surface area contributed by atoms with Gasteiger partial charge in [-0.15, -0.1) is 24.0 Å². The highest BCUT2D eigenvalue weighted by atomic mass is 127.